The van der Waals surface area contributed by atoms with Gasteiger partial charge >= 0.3 is 5.97 Å². The van der Waals surface area contributed by atoms with Gasteiger partial charge in [0.05, 0.1) is 18.6 Å². The van der Waals surface area contributed by atoms with Gasteiger partial charge in [-0.05, 0) is 12.8 Å². The van der Waals surface area contributed by atoms with Gasteiger partial charge in [-0.2, -0.15) is 5.26 Å². The lowest BCUT2D eigenvalue weighted by molar-refractivity contribution is -0.147. The molecule has 1 aliphatic rings. The molecule has 2 N–H and O–H groups in total. The number of esters is 1. The van der Waals surface area contributed by atoms with Crippen LogP contribution in [0.25, 0.3) is 0 Å². The number of nitrogens with zero attached hydrogens (tertiary/aromatic N) is 1. The Morgan fingerprint density at radius 2 is 2.17 bits per heavy atom. The number of aromatic hydroxyl groups is 1. The van der Waals surface area contributed by atoms with Crippen molar-refractivity contribution in [3.8, 4) is 11.8 Å². The number of rotatable bonds is 4. The van der Waals surface area contributed by atoms with Crippen LogP contribution in [0.5, 0.6) is 5.75 Å². The van der Waals surface area contributed by atoms with Crippen molar-refractivity contribution in [2.45, 2.75) is 24.9 Å². The Morgan fingerprint density at radius 1 is 1.52 bits per heavy atom. The summed E-state index contributed by atoms with van der Waals surface area (Å²) < 4.78 is 15.4. The fourth-order valence-corrected chi connectivity index (χ4v) is 2.85. The Labute approximate surface area is 131 Å². The first-order valence-corrected chi connectivity index (χ1v) is 7.02. The quantitative estimate of drug-likeness (QED) is 0.751. The van der Waals surface area contributed by atoms with E-state index in [4.69, 9.17) is 9.15 Å². The molecule has 1 aliphatic heterocycles. The summed E-state index contributed by atoms with van der Waals surface area (Å²) in [6.07, 6.45) is 0.372. The van der Waals surface area contributed by atoms with Crippen molar-refractivity contribution in [1.82, 2.24) is 0 Å². The summed E-state index contributed by atoms with van der Waals surface area (Å²) in [6, 6.07) is 2.84. The molecule has 1 saturated heterocycles. The monoisotopic (exact) mass is 323 g/mol. The number of carbonyl (C=O) groups excluding carboxylic acids is 1. The molecule has 1 aromatic rings. The maximum absolute atomic E-state index is 12.0. The van der Waals surface area contributed by atoms with Gasteiger partial charge in [0.2, 0.25) is 11.2 Å². The lowest BCUT2D eigenvalue weighted by atomic mass is 9.68. The second kappa shape index (κ2) is 6.81. The van der Waals surface area contributed by atoms with Gasteiger partial charge in [-0.1, -0.05) is 0 Å². The van der Waals surface area contributed by atoms with Crippen LogP contribution in [0.1, 0.15) is 24.4 Å². The number of aliphatic hydroxyl groups excluding tert-OH is 1. The maximum atomic E-state index is 12.0. The topological polar surface area (TPSA) is 130 Å². The third-order valence-corrected chi connectivity index (χ3v) is 4.09. The Morgan fingerprint density at radius 3 is 2.70 bits per heavy atom. The van der Waals surface area contributed by atoms with Crippen LogP contribution in [-0.2, 0) is 26.3 Å². The minimum atomic E-state index is -1.28. The summed E-state index contributed by atoms with van der Waals surface area (Å²) in [5.41, 5.74) is -2.00. The average Bonchev–Trinajstić information content (AvgIpc) is 2.58. The molecule has 23 heavy (non-hydrogen) atoms. The SMILES string of the molecule is COC(=O)C(C#N)C1(c2oc(CO)cc(=O)c2O)CCOCC1. The van der Waals surface area contributed by atoms with Crippen molar-refractivity contribution < 1.29 is 28.9 Å². The zero-order chi connectivity index (χ0) is 17.0. The average molecular weight is 323 g/mol. The number of ether oxygens (including phenoxy) is 2. The smallest absolute Gasteiger partial charge is 0.324 e. The molecule has 0 saturated carbocycles. The fourth-order valence-electron chi connectivity index (χ4n) is 2.85. The lowest BCUT2D eigenvalue weighted by Crippen LogP contribution is -2.44. The van der Waals surface area contributed by atoms with E-state index < -0.39 is 35.1 Å². The Hall–Kier alpha value is -2.37. The second-order valence-electron chi connectivity index (χ2n) is 5.27. The van der Waals surface area contributed by atoms with E-state index in [-0.39, 0.29) is 37.6 Å². The number of hydrogen-bond acceptors (Lipinski definition) is 8. The molecule has 2 heterocycles. The van der Waals surface area contributed by atoms with Gasteiger partial charge < -0.3 is 24.1 Å². The normalized spacial score (nSPS) is 18.0. The highest BCUT2D eigenvalue weighted by Crippen LogP contribution is 2.44. The summed E-state index contributed by atoms with van der Waals surface area (Å²) >= 11 is 0. The molecule has 124 valence electrons. The van der Waals surface area contributed by atoms with Crippen LogP contribution in [0, 0.1) is 17.2 Å². The molecule has 1 aromatic heterocycles. The van der Waals surface area contributed by atoms with E-state index in [0.29, 0.717) is 0 Å². The van der Waals surface area contributed by atoms with Crippen molar-refractivity contribution >= 4 is 5.97 Å². The molecular formula is C15H17NO7. The van der Waals surface area contributed by atoms with Gasteiger partial charge in [-0.3, -0.25) is 9.59 Å². The van der Waals surface area contributed by atoms with Crippen molar-refractivity contribution in [2.24, 2.45) is 5.92 Å². The number of aliphatic hydroxyl groups is 1. The molecule has 1 unspecified atom stereocenters. The predicted molar refractivity (Wildman–Crippen MR) is 75.4 cm³/mol. The molecule has 0 amide bonds. The molecule has 2 rings (SSSR count). The third kappa shape index (κ3) is 2.93. The highest BCUT2D eigenvalue weighted by Gasteiger charge is 2.50. The lowest BCUT2D eigenvalue weighted by Gasteiger charge is -2.38. The van der Waals surface area contributed by atoms with Gasteiger partial charge in [-0.25, -0.2) is 0 Å². The Bertz CT molecular complexity index is 682. The number of hydrogen-bond donors (Lipinski definition) is 2. The molecule has 0 aromatic carbocycles. The van der Waals surface area contributed by atoms with E-state index in [1.165, 1.54) is 0 Å². The maximum Gasteiger partial charge on any atom is 0.324 e. The van der Waals surface area contributed by atoms with E-state index in [9.17, 15) is 25.1 Å². The van der Waals surface area contributed by atoms with E-state index in [0.717, 1.165) is 13.2 Å². The molecular weight excluding hydrogens is 306 g/mol. The number of carbonyl (C=O) groups is 1. The van der Waals surface area contributed by atoms with E-state index >= 15 is 0 Å². The number of methoxy groups -OCH3 is 1. The van der Waals surface area contributed by atoms with E-state index in [2.05, 4.69) is 4.74 Å². The van der Waals surface area contributed by atoms with Gasteiger partial charge in [0.25, 0.3) is 0 Å². The third-order valence-electron chi connectivity index (χ3n) is 4.09. The summed E-state index contributed by atoms with van der Waals surface area (Å²) in [4.78, 5) is 23.9. The summed E-state index contributed by atoms with van der Waals surface area (Å²) in [5, 5.41) is 28.8. The molecule has 1 atom stereocenters. The van der Waals surface area contributed by atoms with Crippen molar-refractivity contribution in [3.63, 3.8) is 0 Å². The van der Waals surface area contributed by atoms with E-state index in [1.807, 2.05) is 6.07 Å². The molecule has 0 radical (unpaired) electrons. The highest BCUT2D eigenvalue weighted by molar-refractivity contribution is 5.77. The molecule has 8 heteroatoms. The Balaban J connectivity index is 2.69. The van der Waals surface area contributed by atoms with Crippen LogP contribution in [0.2, 0.25) is 0 Å². The first-order valence-electron chi connectivity index (χ1n) is 7.02. The number of nitriles is 1. The summed E-state index contributed by atoms with van der Waals surface area (Å²) in [7, 11) is 1.15. The minimum absolute atomic E-state index is 0.0600. The predicted octanol–water partition coefficient (Wildman–Crippen LogP) is 0.199. The molecule has 0 aliphatic carbocycles. The second-order valence-corrected chi connectivity index (χ2v) is 5.27. The van der Waals surface area contributed by atoms with Gasteiger partial charge in [0.15, 0.2) is 11.7 Å². The first kappa shape index (κ1) is 17.0. The van der Waals surface area contributed by atoms with Gasteiger partial charge in [0, 0.05) is 19.3 Å². The van der Waals surface area contributed by atoms with Crippen LogP contribution in [-0.4, -0.2) is 36.5 Å². The minimum Gasteiger partial charge on any atom is -0.502 e. The highest BCUT2D eigenvalue weighted by atomic mass is 16.5. The van der Waals surface area contributed by atoms with Crippen molar-refractivity contribution in [3.05, 3.63) is 27.8 Å². The molecule has 8 nitrogen and oxygen atoms in total. The molecule has 1 fully saturated rings. The van der Waals surface area contributed by atoms with E-state index in [1.54, 1.807) is 0 Å². The summed E-state index contributed by atoms with van der Waals surface area (Å²) in [6.45, 7) is -0.103. The molecule has 0 bridgehead atoms. The summed E-state index contributed by atoms with van der Waals surface area (Å²) in [5.74, 6) is -2.98. The van der Waals surface area contributed by atoms with Crippen LogP contribution >= 0.6 is 0 Å². The zero-order valence-electron chi connectivity index (χ0n) is 12.6. The molecule has 0 spiro atoms. The van der Waals surface area contributed by atoms with Crippen LogP contribution in [0.3, 0.4) is 0 Å². The van der Waals surface area contributed by atoms with Crippen LogP contribution in [0.15, 0.2) is 15.3 Å². The van der Waals surface area contributed by atoms with Crippen molar-refractivity contribution in [1.29, 1.82) is 5.26 Å². The Kier molecular flexibility index (Phi) is 5.03. The first-order chi connectivity index (χ1) is 11.0. The standard InChI is InChI=1S/C15H17NO7/c1-21-14(20)10(7-16)15(2-4-22-5-3-15)13-12(19)11(18)6-9(8-17)23-13/h6,10,17,19H,2-5,8H2,1H3. The van der Waals surface area contributed by atoms with Crippen molar-refractivity contribution in [2.75, 3.05) is 20.3 Å². The zero-order valence-corrected chi connectivity index (χ0v) is 12.6. The largest absolute Gasteiger partial charge is 0.502 e. The van der Waals surface area contributed by atoms with Crippen LogP contribution in [0.4, 0.5) is 0 Å². The van der Waals surface area contributed by atoms with Gasteiger partial charge in [0.1, 0.15) is 12.4 Å². The fraction of sp³-hybridized carbons (Fsp3) is 0.533. The van der Waals surface area contributed by atoms with Crippen LogP contribution < -0.4 is 5.43 Å². The van der Waals surface area contributed by atoms with Gasteiger partial charge in [-0.15, -0.1) is 0 Å².